The minimum atomic E-state index is -0.441. The number of imide groups is 1. The molecule has 104 valence electrons. The Morgan fingerprint density at radius 1 is 1.21 bits per heavy atom. The first kappa shape index (κ1) is 15.6. The fourth-order valence-electron chi connectivity index (χ4n) is 1.47. The molecule has 0 saturated carbocycles. The maximum atomic E-state index is 11.5. The number of carbonyl (C=O) groups excluding carboxylic acids is 2. The van der Waals surface area contributed by atoms with Crippen molar-refractivity contribution in [2.45, 2.75) is 31.6 Å². The van der Waals surface area contributed by atoms with Gasteiger partial charge in [-0.25, -0.2) is 4.79 Å². The van der Waals surface area contributed by atoms with Gasteiger partial charge in [0.05, 0.1) is 5.75 Å². The van der Waals surface area contributed by atoms with E-state index in [9.17, 15) is 9.59 Å². The van der Waals surface area contributed by atoms with Crippen molar-refractivity contribution in [3.8, 4) is 0 Å². The Bertz CT molecular complexity index is 430. The van der Waals surface area contributed by atoms with Gasteiger partial charge in [0.2, 0.25) is 5.91 Å². The summed E-state index contributed by atoms with van der Waals surface area (Å²) in [7, 11) is 0. The molecule has 0 bridgehead atoms. The first-order valence-electron chi connectivity index (χ1n) is 6.33. The van der Waals surface area contributed by atoms with E-state index in [4.69, 9.17) is 0 Å². The van der Waals surface area contributed by atoms with E-state index >= 15 is 0 Å². The maximum absolute atomic E-state index is 11.5. The fourth-order valence-corrected chi connectivity index (χ4v) is 2.16. The van der Waals surface area contributed by atoms with Crippen molar-refractivity contribution in [2.75, 3.05) is 12.3 Å². The largest absolute Gasteiger partial charge is 0.338 e. The van der Waals surface area contributed by atoms with Gasteiger partial charge < -0.3 is 5.32 Å². The second-order valence-corrected chi connectivity index (χ2v) is 5.47. The van der Waals surface area contributed by atoms with Crippen molar-refractivity contribution >= 4 is 23.7 Å². The summed E-state index contributed by atoms with van der Waals surface area (Å²) in [5, 5.41) is 4.79. The highest BCUT2D eigenvalue weighted by Crippen LogP contribution is 2.21. The predicted octanol–water partition coefficient (Wildman–Crippen LogP) is 2.75. The standard InChI is InChI=1S/C14H20N2O2S/c1-4-15-14(18)16-13(17)9-19-12-7-5-11(6-8-12)10(2)3/h5-8,10H,4,9H2,1-3H3,(H2,15,16,17,18). The second kappa shape index (κ2) is 7.84. The smallest absolute Gasteiger partial charge is 0.321 e. The van der Waals surface area contributed by atoms with Crippen LogP contribution in [-0.4, -0.2) is 24.2 Å². The normalized spacial score (nSPS) is 10.3. The van der Waals surface area contributed by atoms with E-state index in [0.717, 1.165) is 4.90 Å². The number of rotatable bonds is 5. The van der Waals surface area contributed by atoms with E-state index in [0.29, 0.717) is 12.5 Å². The van der Waals surface area contributed by atoms with Crippen LogP contribution >= 0.6 is 11.8 Å². The summed E-state index contributed by atoms with van der Waals surface area (Å²) in [5.74, 6) is 0.446. The fraction of sp³-hybridized carbons (Fsp3) is 0.429. The van der Waals surface area contributed by atoms with Crippen molar-refractivity contribution in [1.29, 1.82) is 0 Å². The highest BCUT2D eigenvalue weighted by atomic mass is 32.2. The van der Waals surface area contributed by atoms with E-state index in [-0.39, 0.29) is 11.7 Å². The third-order valence-electron chi connectivity index (χ3n) is 2.51. The molecule has 0 atom stereocenters. The molecule has 5 heteroatoms. The summed E-state index contributed by atoms with van der Waals surface area (Å²) in [6.45, 7) is 6.59. The third-order valence-corrected chi connectivity index (χ3v) is 3.52. The Kier molecular flexibility index (Phi) is 6.42. The molecule has 0 heterocycles. The van der Waals surface area contributed by atoms with Gasteiger partial charge in [0, 0.05) is 11.4 Å². The second-order valence-electron chi connectivity index (χ2n) is 4.42. The van der Waals surface area contributed by atoms with Gasteiger partial charge in [0.1, 0.15) is 0 Å². The molecule has 4 nitrogen and oxygen atoms in total. The molecule has 1 aromatic rings. The van der Waals surface area contributed by atoms with Gasteiger partial charge in [0.15, 0.2) is 0 Å². The summed E-state index contributed by atoms with van der Waals surface area (Å²) in [6, 6.07) is 7.69. The summed E-state index contributed by atoms with van der Waals surface area (Å²) >= 11 is 1.42. The van der Waals surface area contributed by atoms with Crippen LogP contribution < -0.4 is 10.6 Å². The van der Waals surface area contributed by atoms with Crippen LogP contribution in [0.3, 0.4) is 0 Å². The third kappa shape index (κ3) is 5.79. The molecule has 0 unspecified atom stereocenters. The van der Waals surface area contributed by atoms with E-state index in [1.165, 1.54) is 17.3 Å². The van der Waals surface area contributed by atoms with Gasteiger partial charge in [-0.15, -0.1) is 11.8 Å². The van der Waals surface area contributed by atoms with Crippen molar-refractivity contribution in [1.82, 2.24) is 10.6 Å². The lowest BCUT2D eigenvalue weighted by Crippen LogP contribution is -2.40. The molecule has 2 N–H and O–H groups in total. The van der Waals surface area contributed by atoms with Crippen LogP contribution in [0.25, 0.3) is 0 Å². The molecule has 19 heavy (non-hydrogen) atoms. The topological polar surface area (TPSA) is 58.2 Å². The zero-order valence-corrected chi connectivity index (χ0v) is 12.3. The molecule has 0 spiro atoms. The van der Waals surface area contributed by atoms with Crippen molar-refractivity contribution < 1.29 is 9.59 Å². The molecule has 0 saturated heterocycles. The minimum Gasteiger partial charge on any atom is -0.338 e. The molecule has 1 aromatic carbocycles. The van der Waals surface area contributed by atoms with Crippen LogP contribution in [0.1, 0.15) is 32.3 Å². The van der Waals surface area contributed by atoms with Crippen LogP contribution in [0.4, 0.5) is 4.79 Å². The quantitative estimate of drug-likeness (QED) is 0.815. The van der Waals surface area contributed by atoms with E-state index < -0.39 is 6.03 Å². The first-order chi connectivity index (χ1) is 9.02. The average molecular weight is 280 g/mol. The van der Waals surface area contributed by atoms with E-state index in [1.807, 2.05) is 12.1 Å². The molecular formula is C14H20N2O2S. The van der Waals surface area contributed by atoms with Crippen LogP contribution in [0.2, 0.25) is 0 Å². The molecule has 0 aromatic heterocycles. The molecule has 0 fully saturated rings. The lowest BCUT2D eigenvalue weighted by molar-refractivity contribution is -0.117. The van der Waals surface area contributed by atoms with Crippen LogP contribution in [0.15, 0.2) is 29.2 Å². The van der Waals surface area contributed by atoms with Gasteiger partial charge in [-0.2, -0.15) is 0 Å². The lowest BCUT2D eigenvalue weighted by atomic mass is 10.0. The molecular weight excluding hydrogens is 260 g/mol. The van der Waals surface area contributed by atoms with E-state index in [1.54, 1.807) is 6.92 Å². The minimum absolute atomic E-state index is 0.234. The predicted molar refractivity (Wildman–Crippen MR) is 78.5 cm³/mol. The average Bonchev–Trinajstić information content (AvgIpc) is 2.37. The zero-order chi connectivity index (χ0) is 14.3. The Morgan fingerprint density at radius 2 is 1.84 bits per heavy atom. The number of hydrogen-bond donors (Lipinski definition) is 2. The summed E-state index contributed by atoms with van der Waals surface area (Å²) in [5.41, 5.74) is 1.27. The summed E-state index contributed by atoms with van der Waals surface area (Å²) in [6.07, 6.45) is 0. The maximum Gasteiger partial charge on any atom is 0.321 e. The molecule has 1 rings (SSSR count). The van der Waals surface area contributed by atoms with Gasteiger partial charge >= 0.3 is 6.03 Å². The number of nitrogens with one attached hydrogen (secondary N) is 2. The Labute approximate surface area is 118 Å². The summed E-state index contributed by atoms with van der Waals surface area (Å²) in [4.78, 5) is 23.6. The van der Waals surface area contributed by atoms with Crippen molar-refractivity contribution in [2.24, 2.45) is 0 Å². The monoisotopic (exact) mass is 280 g/mol. The van der Waals surface area contributed by atoms with Crippen molar-refractivity contribution in [3.05, 3.63) is 29.8 Å². The Morgan fingerprint density at radius 3 is 2.37 bits per heavy atom. The molecule has 0 aliphatic carbocycles. The number of hydrogen-bond acceptors (Lipinski definition) is 3. The summed E-state index contributed by atoms with van der Waals surface area (Å²) < 4.78 is 0. The van der Waals surface area contributed by atoms with Crippen LogP contribution in [0.5, 0.6) is 0 Å². The van der Waals surface area contributed by atoms with Gasteiger partial charge in [0.25, 0.3) is 0 Å². The number of thioether (sulfide) groups is 1. The zero-order valence-electron chi connectivity index (χ0n) is 11.5. The molecule has 0 radical (unpaired) electrons. The van der Waals surface area contributed by atoms with Crippen LogP contribution in [-0.2, 0) is 4.79 Å². The van der Waals surface area contributed by atoms with Gasteiger partial charge in [-0.05, 0) is 30.5 Å². The number of carbonyl (C=O) groups is 2. The van der Waals surface area contributed by atoms with Crippen molar-refractivity contribution in [3.63, 3.8) is 0 Å². The lowest BCUT2D eigenvalue weighted by Gasteiger charge is -2.07. The number of urea groups is 1. The van der Waals surface area contributed by atoms with Gasteiger partial charge in [-0.3, -0.25) is 10.1 Å². The molecule has 0 aliphatic rings. The highest BCUT2D eigenvalue weighted by Gasteiger charge is 2.07. The SMILES string of the molecule is CCNC(=O)NC(=O)CSc1ccc(C(C)C)cc1. The molecule has 3 amide bonds. The number of amides is 3. The van der Waals surface area contributed by atoms with Crippen LogP contribution in [0, 0.1) is 0 Å². The first-order valence-corrected chi connectivity index (χ1v) is 7.32. The van der Waals surface area contributed by atoms with Gasteiger partial charge in [-0.1, -0.05) is 26.0 Å². The molecule has 0 aliphatic heterocycles. The number of benzene rings is 1. The highest BCUT2D eigenvalue weighted by molar-refractivity contribution is 8.00. The Hall–Kier alpha value is -1.49. The Balaban J connectivity index is 2.39. The van der Waals surface area contributed by atoms with E-state index in [2.05, 4.69) is 36.6 Å².